The molecule has 0 radical (unpaired) electrons. The van der Waals surface area contributed by atoms with Crippen molar-refractivity contribution in [3.63, 3.8) is 0 Å². The zero-order chi connectivity index (χ0) is 15.3. The molecule has 1 aliphatic rings. The van der Waals surface area contributed by atoms with Crippen LogP contribution in [0.3, 0.4) is 0 Å². The van der Waals surface area contributed by atoms with E-state index in [4.69, 9.17) is 4.74 Å². The summed E-state index contributed by atoms with van der Waals surface area (Å²) >= 11 is 0. The number of hydrogen-bond donors (Lipinski definition) is 1. The first-order valence-corrected chi connectivity index (χ1v) is 7.74. The third-order valence-corrected chi connectivity index (χ3v) is 4.51. The van der Waals surface area contributed by atoms with Crippen LogP contribution in [0, 0.1) is 0 Å². The van der Waals surface area contributed by atoms with Gasteiger partial charge in [0.05, 0.1) is 7.11 Å². The second-order valence-electron chi connectivity index (χ2n) is 5.78. The molecule has 4 heteroatoms. The van der Waals surface area contributed by atoms with Crippen molar-refractivity contribution >= 4 is 5.97 Å². The topological polar surface area (TPSA) is 49.8 Å². The first-order chi connectivity index (χ1) is 10.1. The van der Waals surface area contributed by atoms with Gasteiger partial charge in [0.15, 0.2) is 0 Å². The fourth-order valence-corrected chi connectivity index (χ4v) is 3.36. The van der Waals surface area contributed by atoms with Gasteiger partial charge in [-0.15, -0.1) is 0 Å². The molecular weight excluding hydrogens is 266 g/mol. The number of nitrogens with zero attached hydrogens (tertiary/aromatic N) is 1. The van der Waals surface area contributed by atoms with E-state index in [2.05, 4.69) is 24.0 Å². The molecule has 21 heavy (non-hydrogen) atoms. The molecular formula is C17H25NO3. The van der Waals surface area contributed by atoms with Crippen LogP contribution >= 0.6 is 0 Å². The molecule has 0 aromatic heterocycles. The van der Waals surface area contributed by atoms with Crippen LogP contribution in [0.15, 0.2) is 24.3 Å². The molecule has 1 aromatic rings. The smallest absolute Gasteiger partial charge is 0.324 e. The number of likely N-dealkylation sites (tertiary alicyclic amines) is 1. The molecule has 0 bridgehead atoms. The number of rotatable bonds is 7. The minimum atomic E-state index is -0.656. The Morgan fingerprint density at radius 3 is 2.67 bits per heavy atom. The van der Waals surface area contributed by atoms with Gasteiger partial charge in [0.1, 0.15) is 11.3 Å². The lowest BCUT2D eigenvalue weighted by atomic mass is 9.90. The van der Waals surface area contributed by atoms with Crippen LogP contribution in [0.1, 0.15) is 38.2 Å². The Kier molecular flexibility index (Phi) is 5.23. The number of aliphatic carboxylic acids is 1. The number of carbonyl (C=O) groups is 1. The lowest BCUT2D eigenvalue weighted by Crippen LogP contribution is -2.51. The van der Waals surface area contributed by atoms with E-state index in [1.165, 1.54) is 5.56 Å². The number of ether oxygens (including phenoxy) is 1. The molecule has 1 atom stereocenters. The molecule has 0 saturated carbocycles. The average molecular weight is 291 g/mol. The highest BCUT2D eigenvalue weighted by Gasteiger charge is 2.46. The first kappa shape index (κ1) is 15.8. The van der Waals surface area contributed by atoms with Crippen molar-refractivity contribution in [1.82, 2.24) is 4.90 Å². The maximum absolute atomic E-state index is 11.8. The lowest BCUT2D eigenvalue weighted by Gasteiger charge is -2.34. The van der Waals surface area contributed by atoms with Crippen LogP contribution < -0.4 is 4.74 Å². The van der Waals surface area contributed by atoms with E-state index in [9.17, 15) is 9.90 Å². The molecule has 1 aromatic carbocycles. The molecule has 1 aliphatic heterocycles. The average Bonchev–Trinajstić information content (AvgIpc) is 2.90. The van der Waals surface area contributed by atoms with Gasteiger partial charge in [-0.1, -0.05) is 25.5 Å². The summed E-state index contributed by atoms with van der Waals surface area (Å²) in [7, 11) is 1.66. The number of benzene rings is 1. The highest BCUT2D eigenvalue weighted by molar-refractivity contribution is 5.79. The van der Waals surface area contributed by atoms with Crippen LogP contribution in [-0.2, 0) is 11.2 Å². The Balaban J connectivity index is 2.01. The van der Waals surface area contributed by atoms with Gasteiger partial charge in [-0.05, 0) is 49.9 Å². The molecule has 0 aliphatic carbocycles. The van der Waals surface area contributed by atoms with E-state index >= 15 is 0 Å². The highest BCUT2D eigenvalue weighted by atomic mass is 16.5. The number of hydrogen-bond acceptors (Lipinski definition) is 3. The van der Waals surface area contributed by atoms with E-state index in [-0.39, 0.29) is 0 Å². The minimum absolute atomic E-state index is 0.638. The number of carboxylic acids is 1. The van der Waals surface area contributed by atoms with Crippen molar-refractivity contribution in [2.45, 2.75) is 44.6 Å². The summed E-state index contributed by atoms with van der Waals surface area (Å²) in [6.07, 6.45) is 4.28. The van der Waals surface area contributed by atoms with Crippen molar-refractivity contribution in [1.29, 1.82) is 0 Å². The summed E-state index contributed by atoms with van der Waals surface area (Å²) in [6.45, 7) is 3.76. The fourth-order valence-electron chi connectivity index (χ4n) is 3.36. The van der Waals surface area contributed by atoms with Crippen molar-refractivity contribution in [2.75, 3.05) is 20.2 Å². The third-order valence-electron chi connectivity index (χ3n) is 4.51. The molecule has 1 fully saturated rings. The summed E-state index contributed by atoms with van der Waals surface area (Å²) in [5.74, 6) is 0.197. The third kappa shape index (κ3) is 3.38. The predicted octanol–water partition coefficient (Wildman–Crippen LogP) is 2.96. The lowest BCUT2D eigenvalue weighted by molar-refractivity contribution is -0.150. The minimum Gasteiger partial charge on any atom is -0.497 e. The van der Waals surface area contributed by atoms with E-state index in [0.29, 0.717) is 0 Å². The number of methoxy groups -OCH3 is 1. The van der Waals surface area contributed by atoms with Crippen molar-refractivity contribution in [2.24, 2.45) is 0 Å². The van der Waals surface area contributed by atoms with Gasteiger partial charge in [-0.2, -0.15) is 0 Å². The summed E-state index contributed by atoms with van der Waals surface area (Å²) in [4.78, 5) is 13.9. The normalized spacial score (nSPS) is 22.4. The molecule has 0 amide bonds. The molecule has 116 valence electrons. The molecule has 1 unspecified atom stereocenters. The van der Waals surface area contributed by atoms with Gasteiger partial charge in [0, 0.05) is 6.54 Å². The zero-order valence-corrected chi connectivity index (χ0v) is 13.0. The quantitative estimate of drug-likeness (QED) is 0.839. The van der Waals surface area contributed by atoms with Crippen LogP contribution in [0.25, 0.3) is 0 Å². The van der Waals surface area contributed by atoms with Gasteiger partial charge < -0.3 is 9.84 Å². The van der Waals surface area contributed by atoms with Crippen LogP contribution in [0.2, 0.25) is 0 Å². The summed E-state index contributed by atoms with van der Waals surface area (Å²) in [5, 5.41) is 9.67. The Morgan fingerprint density at radius 1 is 1.38 bits per heavy atom. The molecule has 1 heterocycles. The summed E-state index contributed by atoms with van der Waals surface area (Å²) < 4.78 is 5.16. The van der Waals surface area contributed by atoms with Gasteiger partial charge in [-0.3, -0.25) is 9.69 Å². The van der Waals surface area contributed by atoms with Crippen molar-refractivity contribution in [3.05, 3.63) is 29.8 Å². The Bertz CT molecular complexity index is 471. The van der Waals surface area contributed by atoms with Crippen LogP contribution in [0.5, 0.6) is 5.75 Å². The first-order valence-electron chi connectivity index (χ1n) is 7.74. The van der Waals surface area contributed by atoms with Crippen LogP contribution in [-0.4, -0.2) is 41.7 Å². The van der Waals surface area contributed by atoms with Gasteiger partial charge in [0.25, 0.3) is 0 Å². The Morgan fingerprint density at radius 2 is 2.10 bits per heavy atom. The highest BCUT2D eigenvalue weighted by Crippen LogP contribution is 2.34. The maximum Gasteiger partial charge on any atom is 0.324 e. The van der Waals surface area contributed by atoms with Crippen molar-refractivity contribution < 1.29 is 14.6 Å². The Labute approximate surface area is 126 Å². The van der Waals surface area contributed by atoms with Crippen molar-refractivity contribution in [3.8, 4) is 5.75 Å². The van der Waals surface area contributed by atoms with E-state index < -0.39 is 11.5 Å². The molecule has 4 nitrogen and oxygen atoms in total. The van der Waals surface area contributed by atoms with E-state index in [1.54, 1.807) is 7.11 Å². The SMILES string of the molecule is CCCC1(C(=O)O)CCCN1CCc1ccc(OC)cc1. The van der Waals surface area contributed by atoms with Crippen LogP contribution in [0.4, 0.5) is 0 Å². The van der Waals surface area contributed by atoms with Gasteiger partial charge in [-0.25, -0.2) is 0 Å². The fraction of sp³-hybridized carbons (Fsp3) is 0.588. The number of carboxylic acid groups (broad SMARTS) is 1. The zero-order valence-electron chi connectivity index (χ0n) is 13.0. The summed E-state index contributed by atoms with van der Waals surface area (Å²) in [5.41, 5.74) is 0.583. The Hall–Kier alpha value is -1.55. The largest absolute Gasteiger partial charge is 0.497 e. The van der Waals surface area contributed by atoms with E-state index in [1.807, 2.05) is 12.1 Å². The second kappa shape index (κ2) is 6.94. The molecule has 0 spiro atoms. The molecule has 1 N–H and O–H groups in total. The van der Waals surface area contributed by atoms with Gasteiger partial charge >= 0.3 is 5.97 Å². The maximum atomic E-state index is 11.8. The molecule has 2 rings (SSSR count). The predicted molar refractivity (Wildman–Crippen MR) is 82.8 cm³/mol. The monoisotopic (exact) mass is 291 g/mol. The standard InChI is InChI=1S/C17H25NO3/c1-3-10-17(16(19)20)11-4-12-18(17)13-9-14-5-7-15(21-2)8-6-14/h5-8H,3-4,9-13H2,1-2H3,(H,19,20). The van der Waals surface area contributed by atoms with E-state index in [0.717, 1.165) is 50.9 Å². The van der Waals surface area contributed by atoms with Gasteiger partial charge in [0.2, 0.25) is 0 Å². The second-order valence-corrected chi connectivity index (χ2v) is 5.78. The summed E-state index contributed by atoms with van der Waals surface area (Å²) in [6, 6.07) is 8.01. The molecule has 1 saturated heterocycles.